The summed E-state index contributed by atoms with van der Waals surface area (Å²) in [6.07, 6.45) is 2.08. The maximum absolute atomic E-state index is 6.23. The predicted molar refractivity (Wildman–Crippen MR) is 66.3 cm³/mol. The highest BCUT2D eigenvalue weighted by molar-refractivity contribution is 5.36. The molecule has 1 aromatic rings. The van der Waals surface area contributed by atoms with E-state index < -0.39 is 0 Å². The third-order valence-corrected chi connectivity index (χ3v) is 3.56. The van der Waals surface area contributed by atoms with Crippen LogP contribution in [-0.4, -0.2) is 11.7 Å². The Morgan fingerprint density at radius 3 is 2.69 bits per heavy atom. The van der Waals surface area contributed by atoms with Crippen LogP contribution < -0.4 is 5.73 Å². The SMILES string of the molecule is CCC(C)(C)OC1Cc2ccccc2C1N. The molecule has 88 valence electrons. The van der Waals surface area contributed by atoms with E-state index in [1.165, 1.54) is 11.1 Å². The molecule has 2 nitrogen and oxygen atoms in total. The van der Waals surface area contributed by atoms with E-state index in [-0.39, 0.29) is 17.7 Å². The molecule has 0 spiro atoms. The van der Waals surface area contributed by atoms with Crippen LogP contribution in [0.15, 0.2) is 24.3 Å². The molecule has 0 saturated heterocycles. The van der Waals surface area contributed by atoms with E-state index >= 15 is 0 Å². The number of hydrogen-bond donors (Lipinski definition) is 1. The molecule has 0 fully saturated rings. The highest BCUT2D eigenvalue weighted by Crippen LogP contribution is 2.34. The molecule has 1 aliphatic carbocycles. The smallest absolute Gasteiger partial charge is 0.0815 e. The first-order chi connectivity index (χ1) is 7.53. The maximum atomic E-state index is 6.23. The topological polar surface area (TPSA) is 35.2 Å². The monoisotopic (exact) mass is 219 g/mol. The highest BCUT2D eigenvalue weighted by Gasteiger charge is 2.33. The Morgan fingerprint density at radius 1 is 1.38 bits per heavy atom. The lowest BCUT2D eigenvalue weighted by molar-refractivity contribution is -0.0783. The Labute approximate surface area is 97.8 Å². The highest BCUT2D eigenvalue weighted by atomic mass is 16.5. The molecule has 16 heavy (non-hydrogen) atoms. The van der Waals surface area contributed by atoms with Gasteiger partial charge in [-0.1, -0.05) is 31.2 Å². The molecule has 0 bridgehead atoms. The predicted octanol–water partition coefficient (Wildman–Crippen LogP) is 2.82. The fourth-order valence-corrected chi connectivity index (χ4v) is 2.20. The van der Waals surface area contributed by atoms with Crippen molar-refractivity contribution in [2.45, 2.75) is 51.4 Å². The fourth-order valence-electron chi connectivity index (χ4n) is 2.20. The van der Waals surface area contributed by atoms with Crippen LogP contribution in [0.2, 0.25) is 0 Å². The fraction of sp³-hybridized carbons (Fsp3) is 0.571. The van der Waals surface area contributed by atoms with Crippen LogP contribution in [0.4, 0.5) is 0 Å². The largest absolute Gasteiger partial charge is 0.370 e. The van der Waals surface area contributed by atoms with Crippen LogP contribution in [0.25, 0.3) is 0 Å². The van der Waals surface area contributed by atoms with Gasteiger partial charge in [-0.25, -0.2) is 0 Å². The van der Waals surface area contributed by atoms with Crippen molar-refractivity contribution >= 4 is 0 Å². The van der Waals surface area contributed by atoms with Gasteiger partial charge in [-0.15, -0.1) is 0 Å². The first kappa shape index (κ1) is 11.6. The van der Waals surface area contributed by atoms with Crippen LogP contribution >= 0.6 is 0 Å². The van der Waals surface area contributed by atoms with E-state index in [2.05, 4.69) is 39.0 Å². The Bertz CT molecular complexity index is 373. The summed E-state index contributed by atoms with van der Waals surface area (Å²) >= 11 is 0. The normalized spacial score (nSPS) is 24.5. The first-order valence-corrected chi connectivity index (χ1v) is 6.04. The molecule has 2 heteroatoms. The molecule has 0 heterocycles. The minimum atomic E-state index is -0.0790. The van der Waals surface area contributed by atoms with Gasteiger partial charge in [0.2, 0.25) is 0 Å². The Kier molecular flexibility index (Phi) is 3.04. The summed E-state index contributed by atoms with van der Waals surface area (Å²) in [6.45, 7) is 6.40. The van der Waals surface area contributed by atoms with Crippen molar-refractivity contribution in [1.82, 2.24) is 0 Å². The molecule has 0 aliphatic heterocycles. The molecule has 0 aromatic heterocycles. The third-order valence-electron chi connectivity index (χ3n) is 3.56. The van der Waals surface area contributed by atoms with E-state index in [1.54, 1.807) is 0 Å². The second-order valence-corrected chi connectivity index (χ2v) is 5.20. The van der Waals surface area contributed by atoms with Gasteiger partial charge in [-0.3, -0.25) is 0 Å². The van der Waals surface area contributed by atoms with Gasteiger partial charge in [0.25, 0.3) is 0 Å². The van der Waals surface area contributed by atoms with Gasteiger partial charge in [0, 0.05) is 6.42 Å². The van der Waals surface area contributed by atoms with Gasteiger partial charge in [0.1, 0.15) is 0 Å². The first-order valence-electron chi connectivity index (χ1n) is 6.04. The van der Waals surface area contributed by atoms with E-state index in [0.29, 0.717) is 0 Å². The van der Waals surface area contributed by atoms with Crippen molar-refractivity contribution in [3.05, 3.63) is 35.4 Å². The molecular formula is C14H21NO. The molecule has 2 rings (SSSR count). The van der Waals surface area contributed by atoms with E-state index in [0.717, 1.165) is 12.8 Å². The molecular weight excluding hydrogens is 198 g/mol. The molecule has 2 unspecified atom stereocenters. The van der Waals surface area contributed by atoms with Gasteiger partial charge < -0.3 is 10.5 Å². The minimum absolute atomic E-state index is 0.0297. The molecule has 2 N–H and O–H groups in total. The zero-order valence-electron chi connectivity index (χ0n) is 10.4. The van der Waals surface area contributed by atoms with Crippen LogP contribution in [0, 0.1) is 0 Å². The lowest BCUT2D eigenvalue weighted by Gasteiger charge is -2.30. The minimum Gasteiger partial charge on any atom is -0.370 e. The van der Waals surface area contributed by atoms with Crippen LogP contribution in [0.5, 0.6) is 0 Å². The summed E-state index contributed by atoms with van der Waals surface area (Å²) in [4.78, 5) is 0. The van der Waals surface area contributed by atoms with Crippen LogP contribution in [0.3, 0.4) is 0 Å². The maximum Gasteiger partial charge on any atom is 0.0815 e. The zero-order chi connectivity index (χ0) is 11.8. The summed E-state index contributed by atoms with van der Waals surface area (Å²) in [6, 6.07) is 8.41. The van der Waals surface area contributed by atoms with Gasteiger partial charge in [0.05, 0.1) is 17.7 Å². The molecule has 1 aromatic carbocycles. The molecule has 0 amide bonds. The summed E-state index contributed by atoms with van der Waals surface area (Å²) in [5, 5.41) is 0. The number of hydrogen-bond acceptors (Lipinski definition) is 2. The number of benzene rings is 1. The average Bonchev–Trinajstić information content (AvgIpc) is 2.56. The Morgan fingerprint density at radius 2 is 2.06 bits per heavy atom. The van der Waals surface area contributed by atoms with E-state index in [1.807, 2.05) is 6.07 Å². The summed E-state index contributed by atoms with van der Waals surface area (Å²) in [5.41, 5.74) is 8.74. The van der Waals surface area contributed by atoms with Crippen molar-refractivity contribution in [2.75, 3.05) is 0 Å². The molecule has 1 aliphatic rings. The van der Waals surface area contributed by atoms with Gasteiger partial charge in [-0.2, -0.15) is 0 Å². The third kappa shape index (κ3) is 2.13. The van der Waals surface area contributed by atoms with E-state index in [4.69, 9.17) is 10.5 Å². The standard InChI is InChI=1S/C14H21NO/c1-4-14(2,3)16-12-9-10-7-5-6-8-11(10)13(12)15/h5-8,12-13H,4,9,15H2,1-3H3. The number of ether oxygens (including phenoxy) is 1. The van der Waals surface area contributed by atoms with E-state index in [9.17, 15) is 0 Å². The van der Waals surface area contributed by atoms with Crippen molar-refractivity contribution in [2.24, 2.45) is 5.73 Å². The molecule has 2 atom stereocenters. The number of fused-ring (bicyclic) bond motifs is 1. The number of nitrogens with two attached hydrogens (primary N) is 1. The quantitative estimate of drug-likeness (QED) is 0.848. The van der Waals surface area contributed by atoms with Crippen molar-refractivity contribution < 1.29 is 4.74 Å². The van der Waals surface area contributed by atoms with Gasteiger partial charge in [0.15, 0.2) is 0 Å². The lowest BCUT2D eigenvalue weighted by Crippen LogP contribution is -2.35. The molecule has 0 saturated carbocycles. The lowest BCUT2D eigenvalue weighted by atomic mass is 10.1. The molecule has 0 radical (unpaired) electrons. The zero-order valence-corrected chi connectivity index (χ0v) is 10.4. The second-order valence-electron chi connectivity index (χ2n) is 5.20. The average molecular weight is 219 g/mol. The second kappa shape index (κ2) is 4.19. The van der Waals surface area contributed by atoms with Crippen molar-refractivity contribution in [1.29, 1.82) is 0 Å². The van der Waals surface area contributed by atoms with Crippen molar-refractivity contribution in [3.63, 3.8) is 0 Å². The van der Waals surface area contributed by atoms with Gasteiger partial charge >= 0.3 is 0 Å². The Hall–Kier alpha value is -0.860. The summed E-state index contributed by atoms with van der Waals surface area (Å²) in [7, 11) is 0. The van der Waals surface area contributed by atoms with Crippen LogP contribution in [0.1, 0.15) is 44.4 Å². The summed E-state index contributed by atoms with van der Waals surface area (Å²) < 4.78 is 6.12. The van der Waals surface area contributed by atoms with Gasteiger partial charge in [-0.05, 0) is 31.4 Å². The van der Waals surface area contributed by atoms with Crippen LogP contribution in [-0.2, 0) is 11.2 Å². The number of rotatable bonds is 3. The van der Waals surface area contributed by atoms with Crippen molar-refractivity contribution in [3.8, 4) is 0 Å². The Balaban J connectivity index is 2.13. The summed E-state index contributed by atoms with van der Waals surface area (Å²) in [5.74, 6) is 0.